The molecule has 4 aromatic rings. The zero-order valence-electron chi connectivity index (χ0n) is 17.5. The van der Waals surface area contributed by atoms with Crippen molar-refractivity contribution in [2.45, 2.75) is 24.5 Å². The number of fused-ring (bicyclic) bond motifs is 2. The number of ketones is 1. The molecule has 8 nitrogen and oxygen atoms in total. The van der Waals surface area contributed by atoms with E-state index in [9.17, 15) is 14.4 Å². The maximum absolute atomic E-state index is 13.3. The summed E-state index contributed by atoms with van der Waals surface area (Å²) in [6.45, 7) is 1.47. The molecule has 1 aliphatic heterocycles. The molecule has 166 valence electrons. The number of aromatic nitrogens is 4. The van der Waals surface area contributed by atoms with Crippen LogP contribution in [0, 0.1) is 0 Å². The molecule has 0 fully saturated rings. The molecule has 1 unspecified atom stereocenters. The van der Waals surface area contributed by atoms with Gasteiger partial charge in [0.15, 0.2) is 16.6 Å². The fourth-order valence-electron chi connectivity index (χ4n) is 3.82. The van der Waals surface area contributed by atoms with E-state index in [1.54, 1.807) is 51.7 Å². The minimum Gasteiger partial charge on any atom is -0.326 e. The Hall–Kier alpha value is -3.43. The number of nitrogens with zero attached hydrogens (tertiary/aromatic N) is 4. The summed E-state index contributed by atoms with van der Waals surface area (Å²) in [5.41, 5.74) is 1.99. The minimum absolute atomic E-state index is 0.0767. The van der Waals surface area contributed by atoms with Crippen molar-refractivity contribution in [2.75, 3.05) is 11.1 Å². The van der Waals surface area contributed by atoms with Crippen LogP contribution in [0.2, 0.25) is 5.02 Å². The van der Waals surface area contributed by atoms with Crippen LogP contribution >= 0.6 is 23.4 Å². The van der Waals surface area contributed by atoms with Crippen LogP contribution in [-0.2, 0) is 4.79 Å². The van der Waals surface area contributed by atoms with Gasteiger partial charge in [-0.2, -0.15) is 5.10 Å². The lowest BCUT2D eigenvalue weighted by atomic mass is 10.1. The van der Waals surface area contributed by atoms with Gasteiger partial charge in [-0.15, -0.1) is 0 Å². The van der Waals surface area contributed by atoms with Crippen molar-refractivity contribution in [3.8, 4) is 5.69 Å². The summed E-state index contributed by atoms with van der Waals surface area (Å²) >= 11 is 7.53. The van der Waals surface area contributed by atoms with Crippen molar-refractivity contribution in [3.63, 3.8) is 0 Å². The van der Waals surface area contributed by atoms with Gasteiger partial charge in [0.25, 0.3) is 5.56 Å². The summed E-state index contributed by atoms with van der Waals surface area (Å²) in [4.78, 5) is 42.2. The zero-order chi connectivity index (χ0) is 23.1. The Balaban J connectivity index is 1.42. The standard InChI is InChI=1S/C23H18ClN5O3S/c1-13(30)14-4-2-6-16(8-14)26-20(31)10-18-12-33-23-27-21-19(22(32)28(18)23)11-25-29(21)17-7-3-5-15(24)9-17/h2-9,11,18H,10,12H2,1H3,(H,26,31). The van der Waals surface area contributed by atoms with E-state index in [0.29, 0.717) is 43.9 Å². The van der Waals surface area contributed by atoms with Crippen LogP contribution in [0.5, 0.6) is 0 Å². The van der Waals surface area contributed by atoms with E-state index in [0.717, 1.165) is 0 Å². The SMILES string of the molecule is CC(=O)c1cccc(NC(=O)CC2CSc3nc4c(cnn4-c4cccc(Cl)c4)c(=O)n32)c1. The number of hydrogen-bond donors (Lipinski definition) is 1. The smallest absolute Gasteiger partial charge is 0.265 e. The number of halogens is 1. The Kier molecular flexibility index (Phi) is 5.51. The van der Waals surface area contributed by atoms with Crippen LogP contribution < -0.4 is 10.9 Å². The summed E-state index contributed by atoms with van der Waals surface area (Å²) < 4.78 is 3.16. The first kappa shape index (κ1) is 21.4. The van der Waals surface area contributed by atoms with E-state index in [4.69, 9.17) is 11.6 Å². The van der Waals surface area contributed by atoms with E-state index in [2.05, 4.69) is 15.4 Å². The van der Waals surface area contributed by atoms with Gasteiger partial charge in [-0.05, 0) is 37.3 Å². The van der Waals surface area contributed by atoms with Crippen LogP contribution in [0.4, 0.5) is 5.69 Å². The number of rotatable bonds is 5. The minimum atomic E-state index is -0.333. The van der Waals surface area contributed by atoms with Crippen LogP contribution in [0.25, 0.3) is 16.7 Å². The molecule has 1 amide bonds. The molecule has 2 aromatic carbocycles. The van der Waals surface area contributed by atoms with Crippen molar-refractivity contribution in [2.24, 2.45) is 0 Å². The van der Waals surface area contributed by atoms with Gasteiger partial charge in [0, 0.05) is 28.4 Å². The van der Waals surface area contributed by atoms with Crippen LogP contribution in [-0.4, -0.2) is 36.8 Å². The quantitative estimate of drug-likeness (QED) is 0.341. The molecule has 2 aromatic heterocycles. The second-order valence-corrected chi connectivity index (χ2v) is 9.12. The van der Waals surface area contributed by atoms with Gasteiger partial charge >= 0.3 is 0 Å². The zero-order valence-corrected chi connectivity index (χ0v) is 19.1. The molecular weight excluding hydrogens is 462 g/mol. The largest absolute Gasteiger partial charge is 0.326 e. The van der Waals surface area contributed by atoms with Gasteiger partial charge in [0.1, 0.15) is 5.39 Å². The lowest BCUT2D eigenvalue weighted by Gasteiger charge is -2.14. The van der Waals surface area contributed by atoms with Gasteiger partial charge < -0.3 is 5.32 Å². The van der Waals surface area contributed by atoms with Gasteiger partial charge in [-0.25, -0.2) is 9.67 Å². The van der Waals surface area contributed by atoms with E-state index >= 15 is 0 Å². The lowest BCUT2D eigenvalue weighted by Crippen LogP contribution is -2.27. The predicted octanol–water partition coefficient (Wildman–Crippen LogP) is 4.11. The molecule has 0 aliphatic carbocycles. The molecule has 5 rings (SSSR count). The lowest BCUT2D eigenvalue weighted by molar-refractivity contribution is -0.116. The number of nitrogens with one attached hydrogen (secondary N) is 1. The number of thioether (sulfide) groups is 1. The van der Waals surface area contributed by atoms with Crippen molar-refractivity contribution in [3.05, 3.63) is 75.7 Å². The molecule has 0 saturated carbocycles. The van der Waals surface area contributed by atoms with Gasteiger partial charge in [0.05, 0.1) is 17.9 Å². The van der Waals surface area contributed by atoms with Gasteiger partial charge in [-0.1, -0.05) is 41.6 Å². The molecule has 1 atom stereocenters. The third-order valence-electron chi connectivity index (χ3n) is 5.40. The molecule has 0 saturated heterocycles. The van der Waals surface area contributed by atoms with Gasteiger partial charge in [0.2, 0.25) is 5.91 Å². The normalized spacial score (nSPS) is 14.9. The van der Waals surface area contributed by atoms with Crippen LogP contribution in [0.15, 0.2) is 64.7 Å². The van der Waals surface area contributed by atoms with Crippen molar-refractivity contribution < 1.29 is 9.59 Å². The Morgan fingerprint density at radius 3 is 2.82 bits per heavy atom. The average molecular weight is 480 g/mol. The summed E-state index contributed by atoms with van der Waals surface area (Å²) in [6, 6.07) is 13.6. The number of benzene rings is 2. The third kappa shape index (κ3) is 4.05. The number of anilines is 1. The fourth-order valence-corrected chi connectivity index (χ4v) is 5.13. The van der Waals surface area contributed by atoms with E-state index < -0.39 is 0 Å². The van der Waals surface area contributed by atoms with Crippen molar-refractivity contribution in [1.82, 2.24) is 19.3 Å². The third-order valence-corrected chi connectivity index (χ3v) is 6.73. The highest BCUT2D eigenvalue weighted by molar-refractivity contribution is 7.99. The second kappa shape index (κ2) is 8.49. The Bertz CT molecular complexity index is 1480. The van der Waals surface area contributed by atoms with E-state index in [1.807, 2.05) is 6.07 Å². The molecule has 3 heterocycles. The molecular formula is C23H18ClN5O3S. The fraction of sp³-hybridized carbons (Fsp3) is 0.174. The first-order valence-corrected chi connectivity index (χ1v) is 11.6. The summed E-state index contributed by atoms with van der Waals surface area (Å²) in [5, 5.41) is 8.64. The molecule has 33 heavy (non-hydrogen) atoms. The number of Topliss-reactive ketones (excluding diaryl/α,β-unsaturated/α-hetero) is 1. The Morgan fingerprint density at radius 1 is 1.21 bits per heavy atom. The summed E-state index contributed by atoms with van der Waals surface area (Å²) in [6.07, 6.45) is 1.60. The van der Waals surface area contributed by atoms with E-state index in [-0.39, 0.29) is 29.7 Å². The first-order valence-electron chi connectivity index (χ1n) is 10.2. The molecule has 10 heteroatoms. The topological polar surface area (TPSA) is 98.9 Å². The highest BCUT2D eigenvalue weighted by Gasteiger charge is 2.29. The number of carbonyl (C=O) groups excluding carboxylic acids is 2. The maximum atomic E-state index is 13.3. The van der Waals surface area contributed by atoms with Gasteiger partial charge in [-0.3, -0.25) is 19.0 Å². The first-order chi connectivity index (χ1) is 15.9. The second-order valence-electron chi connectivity index (χ2n) is 7.70. The molecule has 1 N–H and O–H groups in total. The Morgan fingerprint density at radius 2 is 2.03 bits per heavy atom. The van der Waals surface area contributed by atoms with Crippen molar-refractivity contribution >= 4 is 51.8 Å². The molecule has 0 radical (unpaired) electrons. The predicted molar refractivity (Wildman–Crippen MR) is 128 cm³/mol. The molecule has 0 spiro atoms. The maximum Gasteiger partial charge on any atom is 0.265 e. The number of amides is 1. The Labute approximate surface area is 197 Å². The average Bonchev–Trinajstić information content (AvgIpc) is 3.39. The summed E-state index contributed by atoms with van der Waals surface area (Å²) in [5.74, 6) is 0.239. The van der Waals surface area contributed by atoms with E-state index in [1.165, 1.54) is 24.9 Å². The molecule has 1 aliphatic rings. The van der Waals surface area contributed by atoms with Crippen LogP contribution in [0.3, 0.4) is 0 Å². The number of carbonyl (C=O) groups is 2. The molecule has 0 bridgehead atoms. The number of hydrogen-bond acceptors (Lipinski definition) is 6. The monoisotopic (exact) mass is 479 g/mol. The van der Waals surface area contributed by atoms with Crippen molar-refractivity contribution in [1.29, 1.82) is 0 Å². The highest BCUT2D eigenvalue weighted by Crippen LogP contribution is 2.33. The highest BCUT2D eigenvalue weighted by atomic mass is 35.5. The van der Waals surface area contributed by atoms with Crippen LogP contribution in [0.1, 0.15) is 29.7 Å². The summed E-state index contributed by atoms with van der Waals surface area (Å²) in [7, 11) is 0.